The number of quaternary nitrogens is 1. The standard InChI is InChI=1S/C73H129NO8/c1-6-8-10-12-14-16-18-20-22-24-26-27-28-29-30-31-32-33-34-35-36-37-38-39-40-41-42-43-44-45-46-48-50-52-54-56-58-60-62-64-71(76)82-69(68-81-73(72(77)78)79-66-65-74(3,4)5)67-80-70(75)63-61-59-57-55-53-51-49-47-25-23-21-19-17-15-13-11-9-7-2/h8,10,14,16,20,22,26-27,29-30,32-33,35-36,69,73H,6-7,9,11-13,15,17-19,21,23-25,28,31,34,37-68H2,1-5H3/p+1/b10-8-,16-14-,22-20-,27-26-,30-29-,33-32-,36-35-. The zero-order valence-corrected chi connectivity index (χ0v) is 54.1. The lowest BCUT2D eigenvalue weighted by molar-refractivity contribution is -0.870. The van der Waals surface area contributed by atoms with Crippen molar-refractivity contribution in [1.82, 2.24) is 0 Å². The molecule has 2 unspecified atom stereocenters. The Kier molecular flexibility index (Phi) is 60.8. The second-order valence-corrected chi connectivity index (χ2v) is 24.1. The van der Waals surface area contributed by atoms with E-state index in [1.807, 2.05) is 21.1 Å². The molecule has 474 valence electrons. The number of carbonyl (C=O) groups is 3. The molecule has 0 bridgehead atoms. The number of carbonyl (C=O) groups excluding carboxylic acids is 2. The molecule has 1 N–H and O–H groups in total. The largest absolute Gasteiger partial charge is 0.477 e. The quantitative estimate of drug-likeness (QED) is 0.0211. The highest BCUT2D eigenvalue weighted by Gasteiger charge is 2.25. The topological polar surface area (TPSA) is 108 Å². The fraction of sp³-hybridized carbons (Fsp3) is 0.767. The maximum atomic E-state index is 12.9. The lowest BCUT2D eigenvalue weighted by atomic mass is 10.0. The lowest BCUT2D eigenvalue weighted by Crippen LogP contribution is -2.40. The average Bonchev–Trinajstić information content (AvgIpc) is 3.45. The first-order valence-electron chi connectivity index (χ1n) is 34.3. The Morgan fingerprint density at radius 3 is 1.04 bits per heavy atom. The van der Waals surface area contributed by atoms with Crippen LogP contribution in [0.4, 0.5) is 0 Å². The molecule has 0 aliphatic rings. The average molecular weight is 1150 g/mol. The summed E-state index contributed by atoms with van der Waals surface area (Å²) in [5, 5.41) is 9.73. The zero-order chi connectivity index (χ0) is 59.8. The minimum atomic E-state index is -1.51. The molecule has 0 aromatic heterocycles. The number of aliphatic carboxylic acids is 1. The highest BCUT2D eigenvalue weighted by atomic mass is 16.7. The summed E-state index contributed by atoms with van der Waals surface area (Å²) >= 11 is 0. The van der Waals surface area contributed by atoms with Crippen molar-refractivity contribution in [3.8, 4) is 0 Å². The van der Waals surface area contributed by atoms with Crippen LogP contribution in [0, 0.1) is 0 Å². The summed E-state index contributed by atoms with van der Waals surface area (Å²) in [6.45, 7) is 4.80. The van der Waals surface area contributed by atoms with E-state index in [2.05, 4.69) is 98.9 Å². The van der Waals surface area contributed by atoms with Gasteiger partial charge in [-0.1, -0.05) is 304 Å². The van der Waals surface area contributed by atoms with Crippen LogP contribution in [0.5, 0.6) is 0 Å². The molecular formula is C73H130NO8+. The lowest BCUT2D eigenvalue weighted by Gasteiger charge is -2.25. The minimum Gasteiger partial charge on any atom is -0.477 e. The Morgan fingerprint density at radius 1 is 0.378 bits per heavy atom. The van der Waals surface area contributed by atoms with Crippen molar-refractivity contribution < 1.29 is 42.9 Å². The van der Waals surface area contributed by atoms with Crippen molar-refractivity contribution in [3.05, 3.63) is 85.1 Å². The number of carboxylic acids is 1. The van der Waals surface area contributed by atoms with Gasteiger partial charge < -0.3 is 28.5 Å². The van der Waals surface area contributed by atoms with Crippen LogP contribution in [0.1, 0.15) is 303 Å². The number of hydrogen-bond acceptors (Lipinski definition) is 7. The molecule has 0 saturated carbocycles. The van der Waals surface area contributed by atoms with Crippen LogP contribution in [0.3, 0.4) is 0 Å². The van der Waals surface area contributed by atoms with Gasteiger partial charge in [-0.3, -0.25) is 9.59 Å². The summed E-state index contributed by atoms with van der Waals surface area (Å²) < 4.78 is 23.0. The normalized spacial score (nSPS) is 13.2. The van der Waals surface area contributed by atoms with Crippen LogP contribution < -0.4 is 0 Å². The first kappa shape index (κ1) is 78.5. The molecule has 0 aliphatic carbocycles. The molecular weight excluding hydrogens is 1020 g/mol. The number of esters is 2. The van der Waals surface area contributed by atoms with Crippen molar-refractivity contribution in [2.24, 2.45) is 0 Å². The van der Waals surface area contributed by atoms with E-state index in [0.29, 0.717) is 17.4 Å². The Morgan fingerprint density at radius 2 is 0.695 bits per heavy atom. The Labute approximate surface area is 506 Å². The SMILES string of the molecule is CC/C=C\C/C=C\C/C=C\C/C=C\C/C=C\C/C=C\C/C=C\CCCCCCCCCCCCCCCCCCCC(=O)OC(COC(=O)CCCCCCCCCCCCCCCCCCCC)COC(OCC[N+](C)(C)C)C(=O)O. The number of carboxylic acid groups (broad SMARTS) is 1. The van der Waals surface area contributed by atoms with Gasteiger partial charge in [-0.25, -0.2) is 4.79 Å². The van der Waals surface area contributed by atoms with E-state index >= 15 is 0 Å². The van der Waals surface area contributed by atoms with E-state index in [0.717, 1.165) is 83.5 Å². The Balaban J connectivity index is 4.04. The number of allylic oxidation sites excluding steroid dienone is 14. The number of nitrogens with zero attached hydrogens (tertiary/aromatic N) is 1. The molecule has 2 atom stereocenters. The number of ether oxygens (including phenoxy) is 4. The van der Waals surface area contributed by atoms with Crippen LogP contribution in [-0.2, 0) is 33.3 Å². The monoisotopic (exact) mass is 1150 g/mol. The molecule has 0 radical (unpaired) electrons. The van der Waals surface area contributed by atoms with E-state index in [4.69, 9.17) is 18.9 Å². The van der Waals surface area contributed by atoms with Crippen LogP contribution >= 0.6 is 0 Å². The van der Waals surface area contributed by atoms with Gasteiger partial charge in [0.05, 0.1) is 34.4 Å². The van der Waals surface area contributed by atoms with Gasteiger partial charge in [-0.05, 0) is 70.6 Å². The first-order chi connectivity index (χ1) is 40.1. The van der Waals surface area contributed by atoms with Crippen molar-refractivity contribution in [2.75, 3.05) is 47.5 Å². The number of rotatable bonds is 63. The summed E-state index contributed by atoms with van der Waals surface area (Å²) in [6.07, 6.45) is 82.6. The molecule has 0 saturated heterocycles. The summed E-state index contributed by atoms with van der Waals surface area (Å²) in [6, 6.07) is 0. The second kappa shape index (κ2) is 63.5. The van der Waals surface area contributed by atoms with Crippen molar-refractivity contribution >= 4 is 17.9 Å². The molecule has 0 spiro atoms. The van der Waals surface area contributed by atoms with Crippen LogP contribution in [-0.4, -0.2) is 87.4 Å². The number of hydrogen-bond donors (Lipinski definition) is 1. The van der Waals surface area contributed by atoms with Gasteiger partial charge in [0.2, 0.25) is 0 Å². The van der Waals surface area contributed by atoms with E-state index < -0.39 is 24.3 Å². The van der Waals surface area contributed by atoms with Gasteiger partial charge in [-0.15, -0.1) is 0 Å². The van der Waals surface area contributed by atoms with Gasteiger partial charge >= 0.3 is 17.9 Å². The zero-order valence-electron chi connectivity index (χ0n) is 54.1. The predicted octanol–water partition coefficient (Wildman–Crippen LogP) is 21.1. The summed E-state index contributed by atoms with van der Waals surface area (Å²) in [5.41, 5.74) is 0. The third-order valence-corrected chi connectivity index (χ3v) is 14.9. The number of likely N-dealkylation sites (N-methyl/N-ethyl adjacent to an activating group) is 1. The maximum absolute atomic E-state index is 12.9. The molecule has 0 aromatic carbocycles. The fourth-order valence-corrected chi connectivity index (χ4v) is 9.70. The molecule has 9 heteroatoms. The maximum Gasteiger partial charge on any atom is 0.361 e. The molecule has 0 heterocycles. The molecule has 0 amide bonds. The summed E-state index contributed by atoms with van der Waals surface area (Å²) in [7, 11) is 5.98. The summed E-state index contributed by atoms with van der Waals surface area (Å²) in [5.74, 6) is -1.99. The minimum absolute atomic E-state index is 0.179. The van der Waals surface area contributed by atoms with Gasteiger partial charge in [0, 0.05) is 12.8 Å². The molecule has 82 heavy (non-hydrogen) atoms. The van der Waals surface area contributed by atoms with E-state index in [-0.39, 0.29) is 32.2 Å². The van der Waals surface area contributed by atoms with Gasteiger partial charge in [-0.2, -0.15) is 0 Å². The van der Waals surface area contributed by atoms with E-state index in [1.54, 1.807) is 0 Å². The van der Waals surface area contributed by atoms with Crippen molar-refractivity contribution in [2.45, 2.75) is 315 Å². The highest BCUT2D eigenvalue weighted by molar-refractivity contribution is 5.71. The van der Waals surface area contributed by atoms with Gasteiger partial charge in [0.25, 0.3) is 6.29 Å². The third-order valence-electron chi connectivity index (χ3n) is 14.9. The van der Waals surface area contributed by atoms with Crippen molar-refractivity contribution in [3.63, 3.8) is 0 Å². The molecule has 0 aliphatic heterocycles. The van der Waals surface area contributed by atoms with E-state index in [1.165, 1.54) is 193 Å². The van der Waals surface area contributed by atoms with Crippen LogP contribution in [0.2, 0.25) is 0 Å². The van der Waals surface area contributed by atoms with Gasteiger partial charge in [0.15, 0.2) is 6.10 Å². The fourth-order valence-electron chi connectivity index (χ4n) is 9.70. The van der Waals surface area contributed by atoms with E-state index in [9.17, 15) is 19.5 Å². The van der Waals surface area contributed by atoms with Crippen LogP contribution in [0.25, 0.3) is 0 Å². The Bertz CT molecular complexity index is 1620. The predicted molar refractivity (Wildman–Crippen MR) is 350 cm³/mol. The van der Waals surface area contributed by atoms with Crippen LogP contribution in [0.15, 0.2) is 85.1 Å². The third kappa shape index (κ3) is 64.0. The highest BCUT2D eigenvalue weighted by Crippen LogP contribution is 2.18. The molecule has 9 nitrogen and oxygen atoms in total. The van der Waals surface area contributed by atoms with Crippen molar-refractivity contribution in [1.29, 1.82) is 0 Å². The molecule has 0 aromatic rings. The van der Waals surface area contributed by atoms with Gasteiger partial charge in [0.1, 0.15) is 13.2 Å². The molecule has 0 fully saturated rings. The number of unbranched alkanes of at least 4 members (excludes halogenated alkanes) is 34. The molecule has 0 rings (SSSR count). The summed E-state index contributed by atoms with van der Waals surface area (Å²) in [4.78, 5) is 37.5. The second-order valence-electron chi connectivity index (χ2n) is 24.1. The first-order valence-corrected chi connectivity index (χ1v) is 34.3. The smallest absolute Gasteiger partial charge is 0.361 e. The Hall–Kier alpha value is -3.53.